The molecule has 0 amide bonds. The molecule has 0 aliphatic heterocycles. The number of benzene rings is 1. The molecule has 2 rings (SSSR count). The van der Waals surface area contributed by atoms with Gasteiger partial charge in [-0.15, -0.1) is 10.2 Å². The zero-order chi connectivity index (χ0) is 13.0. The number of halogens is 1. The van der Waals surface area contributed by atoms with Crippen LogP contribution in [0.15, 0.2) is 17.6 Å². The molecule has 0 unspecified atom stereocenters. The average molecular weight is 286 g/mol. The first-order chi connectivity index (χ1) is 8.76. The first kappa shape index (κ1) is 12.9. The molecule has 0 saturated heterocycles. The van der Waals surface area contributed by atoms with Gasteiger partial charge in [0.15, 0.2) is 11.5 Å². The van der Waals surface area contributed by atoms with E-state index in [2.05, 4.69) is 15.5 Å². The molecule has 1 aromatic heterocycles. The van der Waals surface area contributed by atoms with E-state index in [1.807, 2.05) is 12.1 Å². The van der Waals surface area contributed by atoms with Gasteiger partial charge >= 0.3 is 0 Å². The zero-order valence-corrected chi connectivity index (χ0v) is 11.5. The zero-order valence-electron chi connectivity index (χ0n) is 9.94. The Kier molecular flexibility index (Phi) is 4.22. The molecule has 1 heterocycles. The number of hydrogen-bond acceptors (Lipinski definition) is 6. The summed E-state index contributed by atoms with van der Waals surface area (Å²) < 4.78 is 10.4. The third kappa shape index (κ3) is 2.65. The van der Waals surface area contributed by atoms with Gasteiger partial charge in [0, 0.05) is 6.54 Å². The minimum absolute atomic E-state index is 0.536. The number of hydrogen-bond donors (Lipinski definition) is 1. The van der Waals surface area contributed by atoms with Gasteiger partial charge in [-0.3, -0.25) is 0 Å². The predicted octanol–water partition coefficient (Wildman–Crippen LogP) is 2.82. The normalized spacial score (nSPS) is 10.2. The van der Waals surface area contributed by atoms with Gasteiger partial charge in [-0.05, 0) is 11.6 Å². The molecule has 7 heteroatoms. The molecular formula is C11H12ClN3O2S. The standard InChI is InChI=1S/C11H12ClN3O2S/c1-16-8-4-3-7(9(12)10(8)17-2)5-13-11-15-14-6-18-11/h3-4,6H,5H2,1-2H3,(H,13,15). The Labute approximate surface area is 114 Å². The summed E-state index contributed by atoms with van der Waals surface area (Å²) in [5.41, 5.74) is 2.57. The van der Waals surface area contributed by atoms with Crippen molar-refractivity contribution in [3.8, 4) is 11.5 Å². The van der Waals surface area contributed by atoms with E-state index in [1.54, 1.807) is 19.7 Å². The third-order valence-electron chi connectivity index (χ3n) is 2.36. The second-order valence-corrected chi connectivity index (χ2v) is 4.58. The maximum atomic E-state index is 6.26. The van der Waals surface area contributed by atoms with Crippen molar-refractivity contribution in [2.24, 2.45) is 0 Å². The van der Waals surface area contributed by atoms with Crippen molar-refractivity contribution in [3.05, 3.63) is 28.2 Å². The summed E-state index contributed by atoms with van der Waals surface area (Å²) in [7, 11) is 3.14. The van der Waals surface area contributed by atoms with Crippen LogP contribution in [-0.2, 0) is 6.54 Å². The van der Waals surface area contributed by atoms with E-state index in [0.717, 1.165) is 10.7 Å². The summed E-state index contributed by atoms with van der Waals surface area (Å²) in [6, 6.07) is 3.71. The number of nitrogens with one attached hydrogen (secondary N) is 1. The third-order valence-corrected chi connectivity index (χ3v) is 3.42. The van der Waals surface area contributed by atoms with Gasteiger partial charge in [-0.2, -0.15) is 0 Å². The Bertz CT molecular complexity index is 519. The van der Waals surface area contributed by atoms with Crippen LogP contribution in [0.1, 0.15) is 5.56 Å². The molecule has 1 N–H and O–H groups in total. The van der Waals surface area contributed by atoms with Gasteiger partial charge in [0.1, 0.15) is 5.51 Å². The van der Waals surface area contributed by atoms with Gasteiger partial charge in [-0.25, -0.2) is 0 Å². The fraction of sp³-hybridized carbons (Fsp3) is 0.273. The van der Waals surface area contributed by atoms with E-state index in [9.17, 15) is 0 Å². The van der Waals surface area contributed by atoms with Crippen molar-refractivity contribution >= 4 is 28.1 Å². The number of aromatic nitrogens is 2. The largest absolute Gasteiger partial charge is 0.493 e. The molecule has 0 aliphatic rings. The summed E-state index contributed by atoms with van der Waals surface area (Å²) >= 11 is 7.69. The predicted molar refractivity (Wildman–Crippen MR) is 71.8 cm³/mol. The Morgan fingerprint density at radius 2 is 2.17 bits per heavy atom. The van der Waals surface area contributed by atoms with Crippen LogP contribution < -0.4 is 14.8 Å². The van der Waals surface area contributed by atoms with Crippen molar-refractivity contribution in [2.75, 3.05) is 19.5 Å². The van der Waals surface area contributed by atoms with Crippen LogP contribution in [0.5, 0.6) is 11.5 Å². The van der Waals surface area contributed by atoms with E-state index in [-0.39, 0.29) is 0 Å². The summed E-state index contributed by atoms with van der Waals surface area (Å²) in [6.07, 6.45) is 0. The number of anilines is 1. The second-order valence-electron chi connectivity index (χ2n) is 3.37. The molecule has 0 spiro atoms. The summed E-state index contributed by atoms with van der Waals surface area (Å²) in [5, 5.41) is 12.1. The molecule has 0 bridgehead atoms. The van der Waals surface area contributed by atoms with Gasteiger partial charge in [-0.1, -0.05) is 29.0 Å². The maximum Gasteiger partial charge on any atom is 0.205 e. The monoisotopic (exact) mass is 285 g/mol. The SMILES string of the molecule is COc1ccc(CNc2nncs2)c(Cl)c1OC. The van der Waals surface area contributed by atoms with Crippen LogP contribution in [0.2, 0.25) is 5.02 Å². The number of methoxy groups -OCH3 is 2. The van der Waals surface area contributed by atoms with Crippen molar-refractivity contribution in [1.29, 1.82) is 0 Å². The lowest BCUT2D eigenvalue weighted by Gasteiger charge is -2.12. The second kappa shape index (κ2) is 5.88. The van der Waals surface area contributed by atoms with E-state index in [1.165, 1.54) is 11.3 Å². The minimum atomic E-state index is 0.536. The molecule has 5 nitrogen and oxygen atoms in total. The molecule has 0 fully saturated rings. The van der Waals surface area contributed by atoms with Crippen molar-refractivity contribution in [2.45, 2.75) is 6.54 Å². The molecule has 0 saturated carbocycles. The fourth-order valence-corrected chi connectivity index (χ4v) is 2.23. The number of rotatable bonds is 5. The highest BCUT2D eigenvalue weighted by atomic mass is 35.5. The average Bonchev–Trinajstić information content (AvgIpc) is 2.90. The Morgan fingerprint density at radius 1 is 1.33 bits per heavy atom. The van der Waals surface area contributed by atoms with Crippen LogP contribution in [-0.4, -0.2) is 24.4 Å². The molecule has 1 aromatic carbocycles. The van der Waals surface area contributed by atoms with Crippen molar-refractivity contribution < 1.29 is 9.47 Å². The number of nitrogens with zero attached hydrogens (tertiary/aromatic N) is 2. The molecule has 0 atom stereocenters. The Balaban J connectivity index is 2.18. The molecule has 0 aliphatic carbocycles. The molecule has 96 valence electrons. The smallest absolute Gasteiger partial charge is 0.205 e. The molecule has 18 heavy (non-hydrogen) atoms. The number of ether oxygens (including phenoxy) is 2. The van der Waals surface area contributed by atoms with E-state index in [0.29, 0.717) is 23.1 Å². The van der Waals surface area contributed by atoms with Crippen molar-refractivity contribution in [1.82, 2.24) is 10.2 Å². The Hall–Kier alpha value is -1.53. The molecule has 0 radical (unpaired) electrons. The topological polar surface area (TPSA) is 56.3 Å². The van der Waals surface area contributed by atoms with Gasteiger partial charge in [0.2, 0.25) is 5.13 Å². The van der Waals surface area contributed by atoms with Gasteiger partial charge in [0.25, 0.3) is 0 Å². The van der Waals surface area contributed by atoms with Crippen LogP contribution in [0.3, 0.4) is 0 Å². The highest BCUT2D eigenvalue weighted by Crippen LogP contribution is 2.37. The summed E-state index contributed by atoms with van der Waals surface area (Å²) in [6.45, 7) is 0.550. The Morgan fingerprint density at radius 3 is 2.78 bits per heavy atom. The quantitative estimate of drug-likeness (QED) is 0.915. The van der Waals surface area contributed by atoms with Crippen LogP contribution in [0.25, 0.3) is 0 Å². The lowest BCUT2D eigenvalue weighted by atomic mass is 10.2. The van der Waals surface area contributed by atoms with Crippen LogP contribution in [0, 0.1) is 0 Å². The van der Waals surface area contributed by atoms with E-state index < -0.39 is 0 Å². The lowest BCUT2D eigenvalue weighted by molar-refractivity contribution is 0.355. The highest BCUT2D eigenvalue weighted by Gasteiger charge is 2.13. The first-order valence-corrected chi connectivity index (χ1v) is 6.41. The van der Waals surface area contributed by atoms with Crippen LogP contribution in [0.4, 0.5) is 5.13 Å². The first-order valence-electron chi connectivity index (χ1n) is 5.15. The molecular weight excluding hydrogens is 274 g/mol. The lowest BCUT2D eigenvalue weighted by Crippen LogP contribution is -2.01. The fourth-order valence-electron chi connectivity index (χ4n) is 1.49. The molecule has 2 aromatic rings. The van der Waals surface area contributed by atoms with Crippen LogP contribution >= 0.6 is 22.9 Å². The van der Waals surface area contributed by atoms with Gasteiger partial charge in [0.05, 0.1) is 19.2 Å². The van der Waals surface area contributed by atoms with Crippen molar-refractivity contribution in [3.63, 3.8) is 0 Å². The van der Waals surface area contributed by atoms with Gasteiger partial charge < -0.3 is 14.8 Å². The highest BCUT2D eigenvalue weighted by molar-refractivity contribution is 7.13. The van der Waals surface area contributed by atoms with E-state index in [4.69, 9.17) is 21.1 Å². The minimum Gasteiger partial charge on any atom is -0.493 e. The summed E-state index contributed by atoms with van der Waals surface area (Å²) in [4.78, 5) is 0. The van der Waals surface area contributed by atoms with E-state index >= 15 is 0 Å². The summed E-state index contributed by atoms with van der Waals surface area (Å²) in [5.74, 6) is 1.15. The maximum absolute atomic E-state index is 6.26.